The largest absolute Gasteiger partial charge is 0.490 e. The Bertz CT molecular complexity index is 486. The number of hydrogen-bond donors (Lipinski definition) is 0. The SMILES string of the molecule is O=C(Cc1ccc(C(F)(F)F)cc1)C1=CCCCO1. The van der Waals surface area contributed by atoms with E-state index in [4.69, 9.17) is 4.74 Å². The Balaban J connectivity index is 2.03. The van der Waals surface area contributed by atoms with Crippen molar-refractivity contribution >= 4 is 5.78 Å². The maximum absolute atomic E-state index is 12.4. The molecule has 1 heterocycles. The van der Waals surface area contributed by atoms with Crippen LogP contribution in [0.1, 0.15) is 24.0 Å². The molecule has 102 valence electrons. The number of hydrogen-bond acceptors (Lipinski definition) is 2. The van der Waals surface area contributed by atoms with E-state index in [1.807, 2.05) is 0 Å². The molecule has 0 fully saturated rings. The molecule has 0 saturated carbocycles. The highest BCUT2D eigenvalue weighted by Crippen LogP contribution is 2.29. The zero-order valence-corrected chi connectivity index (χ0v) is 10.2. The Morgan fingerprint density at radius 2 is 1.89 bits per heavy atom. The zero-order valence-electron chi connectivity index (χ0n) is 10.2. The minimum atomic E-state index is -4.35. The standard InChI is InChI=1S/C14H13F3O2/c15-14(16,17)11-6-4-10(5-7-11)9-12(18)13-3-1-2-8-19-13/h3-7H,1-2,8-9H2. The summed E-state index contributed by atoms with van der Waals surface area (Å²) in [5, 5.41) is 0. The van der Waals surface area contributed by atoms with E-state index in [9.17, 15) is 18.0 Å². The number of alkyl halides is 3. The molecule has 0 amide bonds. The topological polar surface area (TPSA) is 26.3 Å². The second kappa shape index (κ2) is 5.47. The third-order valence-corrected chi connectivity index (χ3v) is 2.86. The minimum Gasteiger partial charge on any atom is -0.490 e. The van der Waals surface area contributed by atoms with Crippen LogP contribution in [0.25, 0.3) is 0 Å². The van der Waals surface area contributed by atoms with E-state index in [2.05, 4.69) is 0 Å². The summed E-state index contributed by atoms with van der Waals surface area (Å²) in [5.74, 6) is 0.130. The van der Waals surface area contributed by atoms with Crippen molar-refractivity contribution in [1.29, 1.82) is 0 Å². The van der Waals surface area contributed by atoms with Crippen LogP contribution in [-0.4, -0.2) is 12.4 Å². The van der Waals surface area contributed by atoms with Crippen LogP contribution in [0.4, 0.5) is 13.2 Å². The van der Waals surface area contributed by atoms with E-state index in [1.165, 1.54) is 12.1 Å². The maximum atomic E-state index is 12.4. The molecule has 1 aliphatic heterocycles. The van der Waals surface area contributed by atoms with E-state index in [-0.39, 0.29) is 12.2 Å². The molecule has 0 spiro atoms. The molecule has 1 aliphatic rings. The molecule has 1 aromatic rings. The van der Waals surface area contributed by atoms with E-state index >= 15 is 0 Å². The summed E-state index contributed by atoms with van der Waals surface area (Å²) in [6.07, 6.45) is -0.872. The van der Waals surface area contributed by atoms with Gasteiger partial charge in [-0.3, -0.25) is 4.79 Å². The molecule has 0 unspecified atom stereocenters. The number of carbonyl (C=O) groups is 1. The van der Waals surface area contributed by atoms with Crippen LogP contribution in [0.5, 0.6) is 0 Å². The fraction of sp³-hybridized carbons (Fsp3) is 0.357. The first-order valence-electron chi connectivity index (χ1n) is 5.99. The van der Waals surface area contributed by atoms with Gasteiger partial charge in [-0.2, -0.15) is 13.2 Å². The third kappa shape index (κ3) is 3.59. The van der Waals surface area contributed by atoms with Crippen molar-refractivity contribution in [3.05, 3.63) is 47.2 Å². The van der Waals surface area contributed by atoms with Crippen molar-refractivity contribution in [2.24, 2.45) is 0 Å². The lowest BCUT2D eigenvalue weighted by atomic mass is 10.0. The molecule has 0 radical (unpaired) electrons. The van der Waals surface area contributed by atoms with Gasteiger partial charge in [0, 0.05) is 6.42 Å². The van der Waals surface area contributed by atoms with Crippen LogP contribution in [-0.2, 0) is 22.1 Å². The third-order valence-electron chi connectivity index (χ3n) is 2.86. The number of benzene rings is 1. The maximum Gasteiger partial charge on any atom is 0.416 e. The number of carbonyl (C=O) groups excluding carboxylic acids is 1. The van der Waals surface area contributed by atoms with Crippen molar-refractivity contribution in [2.45, 2.75) is 25.4 Å². The summed E-state index contributed by atoms with van der Waals surface area (Å²) in [6, 6.07) is 4.62. The predicted octanol–water partition coefficient (Wildman–Crippen LogP) is 3.51. The molecule has 2 nitrogen and oxygen atoms in total. The normalized spacial score (nSPS) is 15.6. The molecule has 0 aromatic heterocycles. The lowest BCUT2D eigenvalue weighted by Gasteiger charge is -2.13. The number of halogens is 3. The summed E-state index contributed by atoms with van der Waals surface area (Å²) in [6.45, 7) is 0.518. The Kier molecular flexibility index (Phi) is 3.93. The van der Waals surface area contributed by atoms with Crippen LogP contribution >= 0.6 is 0 Å². The van der Waals surface area contributed by atoms with Crippen LogP contribution < -0.4 is 0 Å². The molecule has 0 bridgehead atoms. The minimum absolute atomic E-state index is 0.0595. The van der Waals surface area contributed by atoms with Crippen molar-refractivity contribution in [2.75, 3.05) is 6.61 Å². The Hall–Kier alpha value is -1.78. The van der Waals surface area contributed by atoms with Gasteiger partial charge in [0.15, 0.2) is 5.76 Å². The fourth-order valence-corrected chi connectivity index (χ4v) is 1.84. The highest BCUT2D eigenvalue weighted by Gasteiger charge is 2.30. The van der Waals surface area contributed by atoms with Crippen molar-refractivity contribution < 1.29 is 22.7 Å². The van der Waals surface area contributed by atoms with Gasteiger partial charge in [-0.15, -0.1) is 0 Å². The number of Topliss-reactive ketones (excluding diaryl/α,β-unsaturated/α-hetero) is 1. The number of ketones is 1. The highest BCUT2D eigenvalue weighted by molar-refractivity contribution is 5.95. The Morgan fingerprint density at radius 3 is 2.42 bits per heavy atom. The van der Waals surface area contributed by atoms with Gasteiger partial charge in [-0.05, 0) is 36.6 Å². The average Bonchev–Trinajstić information content (AvgIpc) is 2.39. The van der Waals surface area contributed by atoms with Crippen molar-refractivity contribution in [1.82, 2.24) is 0 Å². The molecule has 2 rings (SSSR count). The van der Waals surface area contributed by atoms with E-state index in [1.54, 1.807) is 6.08 Å². The molecule has 5 heteroatoms. The molecule has 0 saturated heterocycles. The van der Waals surface area contributed by atoms with Crippen molar-refractivity contribution in [3.8, 4) is 0 Å². The van der Waals surface area contributed by atoms with Gasteiger partial charge in [-0.25, -0.2) is 0 Å². The lowest BCUT2D eigenvalue weighted by molar-refractivity contribution is -0.137. The first-order chi connectivity index (χ1) is 8.97. The highest BCUT2D eigenvalue weighted by atomic mass is 19.4. The molecule has 0 N–H and O–H groups in total. The van der Waals surface area contributed by atoms with Gasteiger partial charge in [0.25, 0.3) is 0 Å². The molecule has 1 aromatic carbocycles. The molecular formula is C14H13F3O2. The smallest absolute Gasteiger partial charge is 0.416 e. The number of ether oxygens (including phenoxy) is 1. The molecule has 19 heavy (non-hydrogen) atoms. The first kappa shape index (κ1) is 13.6. The summed E-state index contributed by atoms with van der Waals surface area (Å²) in [4.78, 5) is 11.8. The Labute approximate surface area is 108 Å². The number of allylic oxidation sites excluding steroid dienone is 2. The van der Waals surface area contributed by atoms with Crippen molar-refractivity contribution in [3.63, 3.8) is 0 Å². The second-order valence-corrected chi connectivity index (χ2v) is 4.35. The molecular weight excluding hydrogens is 257 g/mol. The predicted molar refractivity (Wildman–Crippen MR) is 63.4 cm³/mol. The van der Waals surface area contributed by atoms with Gasteiger partial charge in [0.1, 0.15) is 0 Å². The van der Waals surface area contributed by atoms with Crippen LogP contribution in [0.15, 0.2) is 36.1 Å². The van der Waals surface area contributed by atoms with Gasteiger partial charge in [0.2, 0.25) is 5.78 Å². The zero-order chi connectivity index (χ0) is 13.9. The molecule has 0 aliphatic carbocycles. The van der Waals surface area contributed by atoms with E-state index in [0.29, 0.717) is 17.9 Å². The monoisotopic (exact) mass is 270 g/mol. The van der Waals surface area contributed by atoms with Gasteiger partial charge in [0.05, 0.1) is 12.2 Å². The summed E-state index contributed by atoms with van der Waals surface area (Å²) in [7, 11) is 0. The fourth-order valence-electron chi connectivity index (χ4n) is 1.84. The quantitative estimate of drug-likeness (QED) is 0.840. The molecule has 0 atom stereocenters. The summed E-state index contributed by atoms with van der Waals surface area (Å²) < 4.78 is 42.4. The van der Waals surface area contributed by atoms with Crippen LogP contribution in [0.3, 0.4) is 0 Å². The summed E-state index contributed by atoms with van der Waals surface area (Å²) >= 11 is 0. The van der Waals surface area contributed by atoms with E-state index < -0.39 is 11.7 Å². The number of rotatable bonds is 3. The van der Waals surface area contributed by atoms with Gasteiger partial charge in [-0.1, -0.05) is 12.1 Å². The lowest BCUT2D eigenvalue weighted by Crippen LogP contribution is -2.13. The summed E-state index contributed by atoms with van der Waals surface area (Å²) in [5.41, 5.74) is -0.162. The van der Waals surface area contributed by atoms with Gasteiger partial charge >= 0.3 is 6.18 Å². The van der Waals surface area contributed by atoms with E-state index in [0.717, 1.165) is 25.0 Å². The Morgan fingerprint density at radius 1 is 1.21 bits per heavy atom. The van der Waals surface area contributed by atoms with Crippen LogP contribution in [0.2, 0.25) is 0 Å². The second-order valence-electron chi connectivity index (χ2n) is 4.35. The first-order valence-corrected chi connectivity index (χ1v) is 5.99. The van der Waals surface area contributed by atoms with Gasteiger partial charge < -0.3 is 4.74 Å². The van der Waals surface area contributed by atoms with Crippen LogP contribution in [0, 0.1) is 0 Å². The average molecular weight is 270 g/mol.